The van der Waals surface area contributed by atoms with Gasteiger partial charge in [-0.1, -0.05) is 0 Å². The molecule has 0 bridgehead atoms. The Balaban J connectivity index is 1.70. The second kappa shape index (κ2) is 8.71. The van der Waals surface area contributed by atoms with Gasteiger partial charge >= 0.3 is 12.1 Å². The second-order valence-corrected chi connectivity index (χ2v) is 6.00. The standard InChI is InChI=1S/C15H27N5O3/c1-2-16-14(22)17-13(21)12-18-8-10-20(11-9-18)15(23)19-6-4-3-5-7-19/h2-12H2,1H3,(H2,16,17,21,22). The van der Waals surface area contributed by atoms with Gasteiger partial charge in [0.15, 0.2) is 0 Å². The van der Waals surface area contributed by atoms with Crippen LogP contribution in [0, 0.1) is 0 Å². The fourth-order valence-corrected chi connectivity index (χ4v) is 2.96. The van der Waals surface area contributed by atoms with E-state index in [9.17, 15) is 14.4 Å². The maximum atomic E-state index is 12.4. The Morgan fingerprint density at radius 2 is 1.48 bits per heavy atom. The molecule has 0 saturated carbocycles. The average Bonchev–Trinajstić information content (AvgIpc) is 2.56. The summed E-state index contributed by atoms with van der Waals surface area (Å²) in [5.41, 5.74) is 0. The summed E-state index contributed by atoms with van der Waals surface area (Å²) in [7, 11) is 0. The number of rotatable bonds is 3. The SMILES string of the molecule is CCNC(=O)NC(=O)CN1CCN(C(=O)N2CCCCC2)CC1. The number of imide groups is 1. The molecule has 130 valence electrons. The first-order valence-corrected chi connectivity index (χ1v) is 8.44. The van der Waals surface area contributed by atoms with Crippen LogP contribution in [0.15, 0.2) is 0 Å². The molecule has 2 rings (SSSR count). The molecule has 0 spiro atoms. The minimum Gasteiger partial charge on any atom is -0.338 e. The molecule has 0 aliphatic carbocycles. The molecule has 2 heterocycles. The molecule has 8 nitrogen and oxygen atoms in total. The number of piperidine rings is 1. The molecule has 0 aromatic rings. The average molecular weight is 325 g/mol. The molecular formula is C15H27N5O3. The topological polar surface area (TPSA) is 85.0 Å². The molecule has 8 heteroatoms. The number of urea groups is 2. The molecule has 0 atom stereocenters. The molecule has 2 aliphatic rings. The van der Waals surface area contributed by atoms with Gasteiger partial charge in [0.1, 0.15) is 0 Å². The Labute approximate surface area is 137 Å². The van der Waals surface area contributed by atoms with E-state index in [-0.39, 0.29) is 18.5 Å². The van der Waals surface area contributed by atoms with E-state index in [4.69, 9.17) is 0 Å². The Hall–Kier alpha value is -1.83. The summed E-state index contributed by atoms with van der Waals surface area (Å²) in [6.45, 7) is 6.74. The first-order chi connectivity index (χ1) is 11.1. The summed E-state index contributed by atoms with van der Waals surface area (Å²) in [4.78, 5) is 41.2. The van der Waals surface area contributed by atoms with Crippen molar-refractivity contribution in [2.75, 3.05) is 52.4 Å². The zero-order valence-electron chi connectivity index (χ0n) is 13.8. The van der Waals surface area contributed by atoms with Gasteiger partial charge < -0.3 is 15.1 Å². The van der Waals surface area contributed by atoms with Crippen molar-refractivity contribution in [3.63, 3.8) is 0 Å². The van der Waals surface area contributed by atoms with E-state index in [2.05, 4.69) is 10.6 Å². The molecule has 2 aliphatic heterocycles. The third-order valence-corrected chi connectivity index (χ3v) is 4.23. The van der Waals surface area contributed by atoms with Gasteiger partial charge in [0.25, 0.3) is 0 Å². The number of carbonyl (C=O) groups is 3. The van der Waals surface area contributed by atoms with Crippen LogP contribution in [0.4, 0.5) is 9.59 Å². The zero-order valence-corrected chi connectivity index (χ0v) is 13.8. The minimum absolute atomic E-state index is 0.121. The molecule has 23 heavy (non-hydrogen) atoms. The van der Waals surface area contributed by atoms with E-state index in [1.165, 1.54) is 6.42 Å². The van der Waals surface area contributed by atoms with Crippen molar-refractivity contribution in [1.82, 2.24) is 25.3 Å². The highest BCUT2D eigenvalue weighted by atomic mass is 16.2. The lowest BCUT2D eigenvalue weighted by Crippen LogP contribution is -2.55. The lowest BCUT2D eigenvalue weighted by atomic mass is 10.1. The van der Waals surface area contributed by atoms with E-state index in [1.54, 1.807) is 6.92 Å². The number of hydrogen-bond donors (Lipinski definition) is 2. The van der Waals surface area contributed by atoms with E-state index in [1.807, 2.05) is 14.7 Å². The Bertz CT molecular complexity index is 429. The monoisotopic (exact) mass is 325 g/mol. The van der Waals surface area contributed by atoms with Crippen LogP contribution in [0.5, 0.6) is 0 Å². The number of piperazine rings is 1. The lowest BCUT2D eigenvalue weighted by molar-refractivity contribution is -0.121. The molecule has 5 amide bonds. The van der Waals surface area contributed by atoms with Gasteiger partial charge in [0.05, 0.1) is 6.54 Å². The fourth-order valence-electron chi connectivity index (χ4n) is 2.96. The number of nitrogens with one attached hydrogen (secondary N) is 2. The molecule has 2 N–H and O–H groups in total. The summed E-state index contributed by atoms with van der Waals surface area (Å²) < 4.78 is 0. The first-order valence-electron chi connectivity index (χ1n) is 8.44. The highest BCUT2D eigenvalue weighted by molar-refractivity contribution is 5.95. The van der Waals surface area contributed by atoms with Gasteiger partial charge in [0.2, 0.25) is 5.91 Å². The fraction of sp³-hybridized carbons (Fsp3) is 0.800. The zero-order chi connectivity index (χ0) is 16.7. The van der Waals surface area contributed by atoms with Crippen LogP contribution in [-0.2, 0) is 4.79 Å². The molecule has 0 unspecified atom stereocenters. The van der Waals surface area contributed by atoms with E-state index in [0.717, 1.165) is 25.9 Å². The Morgan fingerprint density at radius 3 is 2.09 bits per heavy atom. The third kappa shape index (κ3) is 5.38. The van der Waals surface area contributed by atoms with Crippen molar-refractivity contribution in [3.8, 4) is 0 Å². The summed E-state index contributed by atoms with van der Waals surface area (Å²) in [5, 5.41) is 4.82. The van der Waals surface area contributed by atoms with Crippen LogP contribution in [-0.4, -0.2) is 85.0 Å². The molecule has 2 fully saturated rings. The normalized spacial score (nSPS) is 19.3. The summed E-state index contributed by atoms with van der Waals surface area (Å²) in [5.74, 6) is -0.313. The third-order valence-electron chi connectivity index (χ3n) is 4.23. The Morgan fingerprint density at radius 1 is 0.870 bits per heavy atom. The van der Waals surface area contributed by atoms with Gasteiger partial charge in [-0.2, -0.15) is 0 Å². The maximum Gasteiger partial charge on any atom is 0.321 e. The predicted molar refractivity (Wildman–Crippen MR) is 86.0 cm³/mol. The number of nitrogens with zero attached hydrogens (tertiary/aromatic N) is 3. The smallest absolute Gasteiger partial charge is 0.321 e. The van der Waals surface area contributed by atoms with E-state index >= 15 is 0 Å². The van der Waals surface area contributed by atoms with Crippen molar-refractivity contribution in [3.05, 3.63) is 0 Å². The highest BCUT2D eigenvalue weighted by Crippen LogP contribution is 2.12. The van der Waals surface area contributed by atoms with Crippen LogP contribution < -0.4 is 10.6 Å². The lowest BCUT2D eigenvalue weighted by Gasteiger charge is -2.38. The summed E-state index contributed by atoms with van der Waals surface area (Å²) in [6.07, 6.45) is 3.38. The van der Waals surface area contributed by atoms with Crippen LogP contribution in [0.1, 0.15) is 26.2 Å². The number of amides is 5. The van der Waals surface area contributed by atoms with Gasteiger partial charge in [-0.15, -0.1) is 0 Å². The summed E-state index contributed by atoms with van der Waals surface area (Å²) >= 11 is 0. The van der Waals surface area contributed by atoms with Gasteiger partial charge in [-0.25, -0.2) is 9.59 Å². The van der Waals surface area contributed by atoms with Crippen LogP contribution in [0.2, 0.25) is 0 Å². The predicted octanol–water partition coefficient (Wildman–Crippen LogP) is 0.0556. The molecule has 0 aromatic heterocycles. The van der Waals surface area contributed by atoms with Gasteiger partial charge in [0, 0.05) is 45.8 Å². The van der Waals surface area contributed by atoms with Crippen molar-refractivity contribution >= 4 is 18.0 Å². The van der Waals surface area contributed by atoms with Crippen molar-refractivity contribution in [2.24, 2.45) is 0 Å². The molecule has 0 aromatic carbocycles. The van der Waals surface area contributed by atoms with Crippen molar-refractivity contribution < 1.29 is 14.4 Å². The van der Waals surface area contributed by atoms with Crippen LogP contribution >= 0.6 is 0 Å². The largest absolute Gasteiger partial charge is 0.338 e. The number of hydrogen-bond acceptors (Lipinski definition) is 4. The minimum atomic E-state index is -0.462. The van der Waals surface area contributed by atoms with Gasteiger partial charge in [-0.3, -0.25) is 15.0 Å². The Kier molecular flexibility index (Phi) is 6.64. The first kappa shape index (κ1) is 17.5. The molecule has 0 radical (unpaired) electrons. The van der Waals surface area contributed by atoms with Crippen LogP contribution in [0.3, 0.4) is 0 Å². The highest BCUT2D eigenvalue weighted by Gasteiger charge is 2.26. The van der Waals surface area contributed by atoms with Crippen molar-refractivity contribution in [1.29, 1.82) is 0 Å². The van der Waals surface area contributed by atoms with Crippen LogP contribution in [0.25, 0.3) is 0 Å². The molecule has 2 saturated heterocycles. The number of likely N-dealkylation sites (tertiary alicyclic amines) is 1. The maximum absolute atomic E-state index is 12.4. The van der Waals surface area contributed by atoms with Crippen molar-refractivity contribution in [2.45, 2.75) is 26.2 Å². The summed E-state index contributed by atoms with van der Waals surface area (Å²) in [6, 6.07) is -0.340. The quantitative estimate of drug-likeness (QED) is 0.768. The second-order valence-electron chi connectivity index (χ2n) is 6.00. The number of carbonyl (C=O) groups excluding carboxylic acids is 3. The van der Waals surface area contributed by atoms with Gasteiger partial charge in [-0.05, 0) is 26.2 Å². The molecular weight excluding hydrogens is 298 g/mol. The van der Waals surface area contributed by atoms with E-state index in [0.29, 0.717) is 32.7 Å². The van der Waals surface area contributed by atoms with E-state index < -0.39 is 6.03 Å².